The van der Waals surface area contributed by atoms with Gasteiger partial charge in [0.1, 0.15) is 18.3 Å². The van der Waals surface area contributed by atoms with Crippen molar-refractivity contribution in [2.45, 2.75) is 30.7 Å². The molecule has 0 bridgehead atoms. The molecule has 1 saturated heterocycles. The van der Waals surface area contributed by atoms with Gasteiger partial charge in [0.25, 0.3) is 0 Å². The topological polar surface area (TPSA) is 109 Å². The molecular formula is C11H22O7S. The average Bonchev–Trinajstić information content (AvgIpc) is 2.41. The number of hydrogen-bond acceptors (Lipinski definition) is 8. The molecule has 4 N–H and O–H groups in total. The van der Waals surface area contributed by atoms with Crippen LogP contribution in [-0.4, -0.2) is 89.6 Å². The maximum absolute atomic E-state index is 9.69. The van der Waals surface area contributed by atoms with Gasteiger partial charge in [0.05, 0.1) is 25.9 Å². The molecule has 0 aromatic heterocycles. The molecule has 0 spiro atoms. The number of methoxy groups -OCH3 is 1. The Bertz CT molecular complexity index is 243. The van der Waals surface area contributed by atoms with Crippen LogP contribution < -0.4 is 0 Å². The van der Waals surface area contributed by atoms with Crippen molar-refractivity contribution >= 4 is 11.8 Å². The predicted octanol–water partition coefficient (Wildman–Crippen LogP) is -1.82. The van der Waals surface area contributed by atoms with Gasteiger partial charge < -0.3 is 34.6 Å². The molecule has 1 aliphatic rings. The van der Waals surface area contributed by atoms with Crippen LogP contribution in [0.5, 0.6) is 0 Å². The molecule has 0 radical (unpaired) electrons. The third kappa shape index (κ3) is 5.52. The Morgan fingerprint density at radius 1 is 1.00 bits per heavy atom. The Labute approximate surface area is 116 Å². The summed E-state index contributed by atoms with van der Waals surface area (Å²) in [6.45, 7) is 1.62. The Hall–Kier alpha value is 0.0700. The molecule has 2 unspecified atom stereocenters. The zero-order chi connectivity index (χ0) is 14.3. The second-order valence-electron chi connectivity index (χ2n) is 4.22. The summed E-state index contributed by atoms with van der Waals surface area (Å²) in [5, 5.41) is 37.8. The van der Waals surface area contributed by atoms with E-state index in [0.29, 0.717) is 31.3 Å². The molecule has 1 heterocycles. The zero-order valence-electron chi connectivity index (χ0n) is 10.8. The molecule has 7 nitrogen and oxygen atoms in total. The van der Waals surface area contributed by atoms with E-state index in [2.05, 4.69) is 0 Å². The van der Waals surface area contributed by atoms with Gasteiger partial charge in [0.2, 0.25) is 0 Å². The summed E-state index contributed by atoms with van der Waals surface area (Å²) in [5.41, 5.74) is 0. The largest absolute Gasteiger partial charge is 0.388 e. The van der Waals surface area contributed by atoms with E-state index in [4.69, 9.17) is 14.2 Å². The lowest BCUT2D eigenvalue weighted by Crippen LogP contribution is -2.58. The van der Waals surface area contributed by atoms with Crippen molar-refractivity contribution < 1.29 is 34.6 Å². The average molecular weight is 298 g/mol. The highest BCUT2D eigenvalue weighted by Crippen LogP contribution is 2.22. The van der Waals surface area contributed by atoms with Crippen molar-refractivity contribution in [3.63, 3.8) is 0 Å². The van der Waals surface area contributed by atoms with E-state index in [1.54, 1.807) is 7.11 Å². The minimum Gasteiger partial charge on any atom is -0.388 e. The van der Waals surface area contributed by atoms with Crippen LogP contribution >= 0.6 is 11.8 Å². The summed E-state index contributed by atoms with van der Waals surface area (Å²) >= 11 is 1.47. The monoisotopic (exact) mass is 298 g/mol. The number of ether oxygens (including phenoxy) is 3. The van der Waals surface area contributed by atoms with Crippen molar-refractivity contribution in [3.05, 3.63) is 0 Å². The van der Waals surface area contributed by atoms with E-state index >= 15 is 0 Å². The molecule has 114 valence electrons. The number of hydrogen-bond donors (Lipinski definition) is 4. The molecule has 5 atom stereocenters. The number of aliphatic hydroxyl groups is 4. The van der Waals surface area contributed by atoms with Crippen LogP contribution in [0.2, 0.25) is 0 Å². The van der Waals surface area contributed by atoms with Crippen LogP contribution in [0.4, 0.5) is 0 Å². The van der Waals surface area contributed by atoms with Gasteiger partial charge >= 0.3 is 0 Å². The summed E-state index contributed by atoms with van der Waals surface area (Å²) < 4.78 is 15.1. The van der Waals surface area contributed by atoms with Gasteiger partial charge in [0.15, 0.2) is 6.29 Å². The van der Waals surface area contributed by atoms with Crippen LogP contribution in [0.25, 0.3) is 0 Å². The summed E-state index contributed by atoms with van der Waals surface area (Å²) in [7, 11) is 1.60. The van der Waals surface area contributed by atoms with Crippen LogP contribution in [0.1, 0.15) is 0 Å². The fourth-order valence-corrected chi connectivity index (χ4v) is 2.54. The lowest BCUT2D eigenvalue weighted by molar-refractivity contribution is -0.276. The summed E-state index contributed by atoms with van der Waals surface area (Å²) in [5.74, 6) is 1.10. The first-order valence-electron chi connectivity index (χ1n) is 6.10. The normalized spacial score (nSPS) is 35.5. The van der Waals surface area contributed by atoms with Gasteiger partial charge in [-0.25, -0.2) is 0 Å². The summed E-state index contributed by atoms with van der Waals surface area (Å²) in [4.78, 5) is 0. The fourth-order valence-electron chi connectivity index (χ4n) is 1.63. The van der Waals surface area contributed by atoms with E-state index in [1.165, 1.54) is 11.8 Å². The number of rotatable bonds is 8. The highest BCUT2D eigenvalue weighted by atomic mass is 32.2. The van der Waals surface area contributed by atoms with Gasteiger partial charge in [-0.3, -0.25) is 0 Å². The maximum Gasteiger partial charge on any atom is 0.183 e. The van der Waals surface area contributed by atoms with Crippen molar-refractivity contribution in [2.75, 3.05) is 38.4 Å². The number of aliphatic hydroxyl groups excluding tert-OH is 4. The predicted molar refractivity (Wildman–Crippen MR) is 68.9 cm³/mol. The lowest BCUT2D eigenvalue weighted by Gasteiger charge is -2.38. The SMILES string of the molecule is COCCOCCSCC1O[C@H](O)C(O)[C@@H](O)[C@H]1O. The molecular weight excluding hydrogens is 276 g/mol. The molecule has 19 heavy (non-hydrogen) atoms. The van der Waals surface area contributed by atoms with Crippen LogP contribution in [0.15, 0.2) is 0 Å². The van der Waals surface area contributed by atoms with Crippen LogP contribution in [-0.2, 0) is 14.2 Å². The maximum atomic E-state index is 9.69. The van der Waals surface area contributed by atoms with Crippen molar-refractivity contribution in [2.24, 2.45) is 0 Å². The van der Waals surface area contributed by atoms with Gasteiger partial charge in [-0.05, 0) is 0 Å². The van der Waals surface area contributed by atoms with Gasteiger partial charge in [-0.15, -0.1) is 0 Å². The van der Waals surface area contributed by atoms with Gasteiger partial charge in [-0.2, -0.15) is 11.8 Å². The molecule has 1 aliphatic heterocycles. The van der Waals surface area contributed by atoms with E-state index in [0.717, 1.165) is 0 Å². The van der Waals surface area contributed by atoms with Crippen LogP contribution in [0.3, 0.4) is 0 Å². The molecule has 0 saturated carbocycles. The quantitative estimate of drug-likeness (QED) is 0.388. The molecule has 0 aliphatic carbocycles. The van der Waals surface area contributed by atoms with E-state index in [9.17, 15) is 20.4 Å². The third-order valence-electron chi connectivity index (χ3n) is 2.77. The van der Waals surface area contributed by atoms with Gasteiger partial charge in [0, 0.05) is 18.6 Å². The summed E-state index contributed by atoms with van der Waals surface area (Å²) in [6, 6.07) is 0. The molecule has 0 aromatic rings. The highest BCUT2D eigenvalue weighted by molar-refractivity contribution is 7.99. The fraction of sp³-hybridized carbons (Fsp3) is 1.00. The molecule has 8 heteroatoms. The lowest BCUT2D eigenvalue weighted by atomic mass is 10.0. The first kappa shape index (κ1) is 17.1. The Kier molecular flexibility index (Phi) is 8.19. The first-order valence-corrected chi connectivity index (χ1v) is 7.25. The van der Waals surface area contributed by atoms with E-state index in [-0.39, 0.29) is 0 Å². The minimum atomic E-state index is -1.48. The van der Waals surface area contributed by atoms with Gasteiger partial charge in [-0.1, -0.05) is 0 Å². The van der Waals surface area contributed by atoms with E-state index in [1.807, 2.05) is 0 Å². The Balaban J connectivity index is 2.15. The third-order valence-corrected chi connectivity index (χ3v) is 3.79. The molecule has 1 rings (SSSR count). The molecule has 0 amide bonds. The first-order chi connectivity index (χ1) is 9.07. The second kappa shape index (κ2) is 9.09. The van der Waals surface area contributed by atoms with Crippen molar-refractivity contribution in [3.8, 4) is 0 Å². The van der Waals surface area contributed by atoms with Crippen molar-refractivity contribution in [1.82, 2.24) is 0 Å². The summed E-state index contributed by atoms with van der Waals surface area (Å²) in [6.07, 6.45) is -6.26. The van der Waals surface area contributed by atoms with Crippen LogP contribution in [0, 0.1) is 0 Å². The Morgan fingerprint density at radius 3 is 2.42 bits per heavy atom. The van der Waals surface area contributed by atoms with E-state index < -0.39 is 30.7 Å². The number of thioether (sulfide) groups is 1. The molecule has 1 fully saturated rings. The Morgan fingerprint density at radius 2 is 1.74 bits per heavy atom. The minimum absolute atomic E-state index is 0.398. The van der Waals surface area contributed by atoms with Crippen molar-refractivity contribution in [1.29, 1.82) is 0 Å². The smallest absolute Gasteiger partial charge is 0.183 e. The zero-order valence-corrected chi connectivity index (χ0v) is 11.7. The second-order valence-corrected chi connectivity index (χ2v) is 5.37. The standard InChI is InChI=1S/C11H22O7S/c1-16-2-3-17-4-5-19-6-7-8(12)9(13)10(14)11(15)18-7/h7-15H,2-6H2,1H3/t7?,8-,9-,10?,11-/m0/s1. The highest BCUT2D eigenvalue weighted by Gasteiger charge is 2.42. The molecule has 0 aromatic carbocycles.